The van der Waals surface area contributed by atoms with Crippen LogP contribution in [0.25, 0.3) is 0 Å². The van der Waals surface area contributed by atoms with E-state index in [4.69, 9.17) is 9.47 Å². The summed E-state index contributed by atoms with van der Waals surface area (Å²) in [5, 5.41) is 2.89. The Morgan fingerprint density at radius 1 is 1.24 bits per heavy atom. The van der Waals surface area contributed by atoms with Gasteiger partial charge in [-0.3, -0.25) is 14.5 Å². The highest BCUT2D eigenvalue weighted by Crippen LogP contribution is 2.20. The van der Waals surface area contributed by atoms with Crippen molar-refractivity contribution in [3.05, 3.63) is 24.3 Å². The van der Waals surface area contributed by atoms with Gasteiger partial charge in [0.25, 0.3) is 5.91 Å². The molecule has 2 saturated heterocycles. The molecule has 29 heavy (non-hydrogen) atoms. The molecule has 0 saturated carbocycles. The third-order valence-electron chi connectivity index (χ3n) is 5.38. The minimum atomic E-state index is -0.661. The number of nitrogens with zero attached hydrogens (tertiary/aromatic N) is 2. The summed E-state index contributed by atoms with van der Waals surface area (Å²) in [5.41, 5.74) is 0. The lowest BCUT2D eigenvalue weighted by molar-refractivity contribution is -0.140. The van der Waals surface area contributed by atoms with Gasteiger partial charge in [0.05, 0.1) is 13.2 Å². The van der Waals surface area contributed by atoms with Gasteiger partial charge in [-0.05, 0) is 50.3 Å². The van der Waals surface area contributed by atoms with Gasteiger partial charge in [0.15, 0.2) is 6.10 Å². The molecule has 1 aromatic carbocycles. The van der Waals surface area contributed by atoms with Crippen LogP contribution in [0.5, 0.6) is 5.75 Å². The number of ether oxygens (including phenoxy) is 2. The normalized spacial score (nSPS) is 21.7. The van der Waals surface area contributed by atoms with E-state index < -0.39 is 12.1 Å². The lowest BCUT2D eigenvalue weighted by atomic mass is 10.0. The summed E-state index contributed by atoms with van der Waals surface area (Å²) in [7, 11) is 0. The first-order chi connectivity index (χ1) is 14.1. The zero-order valence-electron chi connectivity index (χ0n) is 17.3. The molecule has 2 heterocycles. The van der Waals surface area contributed by atoms with Crippen molar-refractivity contribution in [3.63, 3.8) is 0 Å². The monoisotopic (exact) mass is 421 g/mol. The van der Waals surface area contributed by atoms with Gasteiger partial charge < -0.3 is 19.7 Å². The Kier molecular flexibility index (Phi) is 8.20. The van der Waals surface area contributed by atoms with Gasteiger partial charge in [-0.2, -0.15) is 0 Å². The van der Waals surface area contributed by atoms with Crippen LogP contribution in [0.2, 0.25) is 0 Å². The Hall–Kier alpha value is -1.77. The van der Waals surface area contributed by atoms with Crippen LogP contribution >= 0.6 is 11.8 Å². The number of rotatable bonds is 8. The Balaban J connectivity index is 1.47. The molecule has 3 rings (SSSR count). The van der Waals surface area contributed by atoms with Gasteiger partial charge in [-0.25, -0.2) is 0 Å². The summed E-state index contributed by atoms with van der Waals surface area (Å²) in [6.45, 7) is 7.34. The minimum absolute atomic E-state index is 0.00869. The second-order valence-electron chi connectivity index (χ2n) is 7.42. The van der Waals surface area contributed by atoms with Crippen molar-refractivity contribution in [2.45, 2.75) is 36.8 Å². The minimum Gasteiger partial charge on any atom is -0.481 e. The van der Waals surface area contributed by atoms with Crippen LogP contribution < -0.4 is 10.1 Å². The molecule has 0 radical (unpaired) electrons. The summed E-state index contributed by atoms with van der Waals surface area (Å²) in [6, 6.07) is 7.16. The quantitative estimate of drug-likeness (QED) is 0.643. The average molecular weight is 422 g/mol. The van der Waals surface area contributed by atoms with E-state index in [0.717, 1.165) is 50.7 Å². The summed E-state index contributed by atoms with van der Waals surface area (Å²) >= 11 is 1.65. The molecule has 2 amide bonds. The Morgan fingerprint density at radius 2 is 1.97 bits per heavy atom. The Morgan fingerprint density at radius 3 is 2.66 bits per heavy atom. The molecule has 1 aromatic rings. The predicted octanol–water partition coefficient (Wildman–Crippen LogP) is 1.62. The highest BCUT2D eigenvalue weighted by atomic mass is 32.2. The fraction of sp³-hybridized carbons (Fsp3) is 0.619. The number of morpholine rings is 1. The molecule has 8 heteroatoms. The first-order valence-corrected chi connectivity index (χ1v) is 11.5. The number of amides is 2. The highest BCUT2D eigenvalue weighted by molar-refractivity contribution is 7.98. The number of benzene rings is 1. The molecule has 2 fully saturated rings. The molecule has 0 aromatic heterocycles. The molecule has 2 aliphatic heterocycles. The van der Waals surface area contributed by atoms with Crippen molar-refractivity contribution >= 4 is 23.6 Å². The summed E-state index contributed by atoms with van der Waals surface area (Å²) in [4.78, 5) is 30.7. The molecule has 160 valence electrons. The summed E-state index contributed by atoms with van der Waals surface area (Å²) in [5.74, 6) is 0.397. The van der Waals surface area contributed by atoms with Gasteiger partial charge in [0.1, 0.15) is 11.8 Å². The molecule has 2 aliphatic rings. The van der Waals surface area contributed by atoms with Crippen molar-refractivity contribution in [3.8, 4) is 5.75 Å². The van der Waals surface area contributed by atoms with Gasteiger partial charge in [0.2, 0.25) is 5.91 Å². The van der Waals surface area contributed by atoms with E-state index in [0.29, 0.717) is 18.7 Å². The third-order valence-corrected chi connectivity index (χ3v) is 6.12. The van der Waals surface area contributed by atoms with Crippen LogP contribution in [-0.4, -0.2) is 86.0 Å². The smallest absolute Gasteiger partial charge is 0.261 e. The first-order valence-electron chi connectivity index (χ1n) is 10.3. The highest BCUT2D eigenvalue weighted by Gasteiger charge is 2.31. The van der Waals surface area contributed by atoms with E-state index >= 15 is 0 Å². The third kappa shape index (κ3) is 6.35. The molecule has 2 atom stereocenters. The zero-order chi connectivity index (χ0) is 20.6. The predicted molar refractivity (Wildman–Crippen MR) is 113 cm³/mol. The molecular weight excluding hydrogens is 390 g/mol. The van der Waals surface area contributed by atoms with E-state index in [1.54, 1.807) is 18.7 Å². The van der Waals surface area contributed by atoms with E-state index in [9.17, 15) is 9.59 Å². The molecule has 1 N–H and O–H groups in total. The largest absolute Gasteiger partial charge is 0.481 e. The fourth-order valence-corrected chi connectivity index (χ4v) is 3.99. The van der Waals surface area contributed by atoms with E-state index in [1.165, 1.54) is 0 Å². The lowest BCUT2D eigenvalue weighted by Gasteiger charge is -2.35. The maximum absolute atomic E-state index is 12.8. The van der Waals surface area contributed by atoms with Crippen LogP contribution in [0.15, 0.2) is 29.2 Å². The van der Waals surface area contributed by atoms with Gasteiger partial charge >= 0.3 is 0 Å². The van der Waals surface area contributed by atoms with Crippen LogP contribution in [-0.2, 0) is 14.3 Å². The van der Waals surface area contributed by atoms with Crippen LogP contribution in [0, 0.1) is 0 Å². The van der Waals surface area contributed by atoms with Crippen molar-refractivity contribution in [1.82, 2.24) is 15.1 Å². The van der Waals surface area contributed by atoms with E-state index in [2.05, 4.69) is 10.2 Å². The van der Waals surface area contributed by atoms with Crippen LogP contribution in [0.4, 0.5) is 0 Å². The first kappa shape index (κ1) is 21.9. The van der Waals surface area contributed by atoms with Crippen LogP contribution in [0.1, 0.15) is 19.8 Å². The van der Waals surface area contributed by atoms with Gasteiger partial charge in [-0.15, -0.1) is 11.8 Å². The number of piperidine rings is 1. The molecule has 0 spiro atoms. The summed E-state index contributed by atoms with van der Waals surface area (Å²) < 4.78 is 11.1. The van der Waals surface area contributed by atoms with Gasteiger partial charge in [0, 0.05) is 37.6 Å². The van der Waals surface area contributed by atoms with Gasteiger partial charge in [-0.1, -0.05) is 0 Å². The number of hydrogen-bond donors (Lipinski definition) is 1. The summed E-state index contributed by atoms with van der Waals surface area (Å²) in [6.07, 6.45) is 2.92. The molecule has 7 nitrogen and oxygen atoms in total. The number of carbonyl (C=O) groups excluding carboxylic acids is 2. The molecule has 0 aliphatic carbocycles. The van der Waals surface area contributed by atoms with Crippen molar-refractivity contribution in [2.75, 3.05) is 52.2 Å². The lowest BCUT2D eigenvalue weighted by Crippen LogP contribution is -2.55. The topological polar surface area (TPSA) is 71.1 Å². The standard InChI is InChI=1S/C21H31N3O4S/c1-16(28-17-5-7-18(29-2)8-6-17)20(25)22-19-4-3-9-24(21(19)26)11-10-23-12-14-27-15-13-23/h5-8,16,19H,3-4,9-15H2,1-2H3,(H,22,25)/t16-,19+/m0/s1. The molecule has 0 unspecified atom stereocenters. The molecule has 0 bridgehead atoms. The number of hydrogen-bond acceptors (Lipinski definition) is 6. The maximum Gasteiger partial charge on any atom is 0.261 e. The maximum atomic E-state index is 12.8. The Bertz CT molecular complexity index is 679. The second-order valence-corrected chi connectivity index (χ2v) is 8.30. The number of likely N-dealkylation sites (tertiary alicyclic amines) is 1. The van der Waals surface area contributed by atoms with Crippen molar-refractivity contribution < 1.29 is 19.1 Å². The average Bonchev–Trinajstić information content (AvgIpc) is 2.75. The SMILES string of the molecule is CSc1ccc(O[C@@H](C)C(=O)N[C@@H]2CCCN(CCN3CCOCC3)C2=O)cc1. The van der Waals surface area contributed by atoms with Crippen molar-refractivity contribution in [1.29, 1.82) is 0 Å². The Labute approximate surface area is 177 Å². The zero-order valence-corrected chi connectivity index (χ0v) is 18.1. The van der Waals surface area contributed by atoms with Crippen LogP contribution in [0.3, 0.4) is 0 Å². The number of carbonyl (C=O) groups is 2. The number of nitrogens with one attached hydrogen (secondary N) is 1. The molecular formula is C21H31N3O4S. The number of thioether (sulfide) groups is 1. The van der Waals surface area contributed by atoms with E-state index in [1.807, 2.05) is 35.4 Å². The fourth-order valence-electron chi connectivity index (χ4n) is 3.58. The van der Waals surface area contributed by atoms with E-state index in [-0.39, 0.29) is 11.8 Å². The van der Waals surface area contributed by atoms with Crippen molar-refractivity contribution in [2.24, 2.45) is 0 Å². The second kappa shape index (κ2) is 10.8.